The van der Waals surface area contributed by atoms with Crippen LogP contribution in [0.4, 0.5) is 4.79 Å². The minimum Gasteiger partial charge on any atom is -0.497 e. The normalized spacial score (nSPS) is 10.1. The minimum absolute atomic E-state index is 0.201. The predicted molar refractivity (Wildman–Crippen MR) is 108 cm³/mol. The van der Waals surface area contributed by atoms with Crippen LogP contribution in [0.2, 0.25) is 0 Å². The lowest BCUT2D eigenvalue weighted by Gasteiger charge is -2.14. The number of carbonyl (C=O) groups excluding carboxylic acids is 1. The molecule has 2 rings (SSSR count). The van der Waals surface area contributed by atoms with Gasteiger partial charge in [-0.3, -0.25) is 0 Å². The van der Waals surface area contributed by atoms with Crippen molar-refractivity contribution < 1.29 is 23.7 Å². The van der Waals surface area contributed by atoms with Crippen LogP contribution in [0, 0.1) is 0 Å². The summed E-state index contributed by atoms with van der Waals surface area (Å²) in [5.41, 5.74) is 2.06. The third kappa shape index (κ3) is 5.97. The van der Waals surface area contributed by atoms with Gasteiger partial charge in [-0.25, -0.2) is 4.79 Å². The van der Waals surface area contributed by atoms with Crippen LogP contribution >= 0.6 is 0 Å². The molecule has 0 spiro atoms. The monoisotopic (exact) mass is 388 g/mol. The van der Waals surface area contributed by atoms with Gasteiger partial charge in [-0.15, -0.1) is 0 Å². The topological polar surface area (TPSA) is 78.1 Å². The maximum Gasteiger partial charge on any atom is 0.314 e. The van der Waals surface area contributed by atoms with E-state index < -0.39 is 0 Å². The van der Waals surface area contributed by atoms with Gasteiger partial charge in [0.05, 0.1) is 28.4 Å². The van der Waals surface area contributed by atoms with E-state index in [4.69, 9.17) is 18.9 Å². The first-order valence-electron chi connectivity index (χ1n) is 9.04. The van der Waals surface area contributed by atoms with Gasteiger partial charge in [-0.2, -0.15) is 0 Å². The predicted octanol–water partition coefficient (Wildman–Crippen LogP) is 2.81. The van der Waals surface area contributed by atoms with E-state index in [1.165, 1.54) is 0 Å². The van der Waals surface area contributed by atoms with Crippen molar-refractivity contribution in [2.75, 3.05) is 41.5 Å². The molecule has 0 heterocycles. The fourth-order valence-electron chi connectivity index (χ4n) is 2.77. The lowest BCUT2D eigenvalue weighted by atomic mass is 10.1. The van der Waals surface area contributed by atoms with Crippen LogP contribution in [0.15, 0.2) is 36.4 Å². The standard InChI is InChI=1S/C21H28N2O5/c1-25-17-7-5-15(6-8-17)9-11-22-21(24)23-12-10-16-13-19(27-3)20(28-4)14-18(16)26-2/h5-8,13-14H,9-12H2,1-4H3,(H2,22,23,24). The minimum atomic E-state index is -0.201. The van der Waals surface area contributed by atoms with Crippen LogP contribution < -0.4 is 29.6 Å². The van der Waals surface area contributed by atoms with E-state index in [-0.39, 0.29) is 6.03 Å². The zero-order valence-electron chi connectivity index (χ0n) is 16.8. The number of methoxy groups -OCH3 is 4. The average Bonchev–Trinajstić information content (AvgIpc) is 2.73. The van der Waals surface area contributed by atoms with E-state index in [0.717, 1.165) is 23.3 Å². The molecule has 0 aliphatic heterocycles. The van der Waals surface area contributed by atoms with E-state index in [9.17, 15) is 4.79 Å². The van der Waals surface area contributed by atoms with Gasteiger partial charge in [0.1, 0.15) is 11.5 Å². The molecule has 0 fully saturated rings. The summed E-state index contributed by atoms with van der Waals surface area (Å²) in [6.45, 7) is 1.03. The zero-order chi connectivity index (χ0) is 20.4. The maximum atomic E-state index is 12.0. The van der Waals surface area contributed by atoms with Gasteiger partial charge in [-0.05, 0) is 42.2 Å². The van der Waals surface area contributed by atoms with Crippen molar-refractivity contribution >= 4 is 6.03 Å². The molecule has 2 aromatic carbocycles. The number of urea groups is 1. The highest BCUT2D eigenvalue weighted by Crippen LogP contribution is 2.34. The molecule has 2 aromatic rings. The number of nitrogens with one attached hydrogen (secondary N) is 2. The van der Waals surface area contributed by atoms with Gasteiger partial charge in [-0.1, -0.05) is 12.1 Å². The molecule has 2 N–H and O–H groups in total. The van der Waals surface area contributed by atoms with Crippen molar-refractivity contribution in [3.05, 3.63) is 47.5 Å². The third-order valence-electron chi connectivity index (χ3n) is 4.32. The van der Waals surface area contributed by atoms with Crippen LogP contribution in [-0.2, 0) is 12.8 Å². The van der Waals surface area contributed by atoms with Gasteiger partial charge in [0.25, 0.3) is 0 Å². The molecule has 0 atom stereocenters. The fraction of sp³-hybridized carbons (Fsp3) is 0.381. The molecule has 0 saturated heterocycles. The van der Waals surface area contributed by atoms with Gasteiger partial charge in [0.2, 0.25) is 0 Å². The van der Waals surface area contributed by atoms with E-state index in [1.54, 1.807) is 34.5 Å². The van der Waals surface area contributed by atoms with Crippen molar-refractivity contribution in [2.45, 2.75) is 12.8 Å². The van der Waals surface area contributed by atoms with Crippen LogP contribution in [-0.4, -0.2) is 47.6 Å². The smallest absolute Gasteiger partial charge is 0.314 e. The largest absolute Gasteiger partial charge is 0.497 e. The Morgan fingerprint density at radius 1 is 0.750 bits per heavy atom. The van der Waals surface area contributed by atoms with E-state index >= 15 is 0 Å². The van der Waals surface area contributed by atoms with E-state index in [1.807, 2.05) is 30.3 Å². The van der Waals surface area contributed by atoms with E-state index in [2.05, 4.69) is 10.6 Å². The van der Waals surface area contributed by atoms with Crippen molar-refractivity contribution in [1.29, 1.82) is 0 Å². The van der Waals surface area contributed by atoms with Gasteiger partial charge < -0.3 is 29.6 Å². The van der Waals surface area contributed by atoms with Crippen molar-refractivity contribution in [3.8, 4) is 23.0 Å². The highest BCUT2D eigenvalue weighted by molar-refractivity contribution is 5.73. The molecule has 7 heteroatoms. The molecule has 0 bridgehead atoms. The van der Waals surface area contributed by atoms with Gasteiger partial charge in [0, 0.05) is 19.2 Å². The molecular formula is C21H28N2O5. The van der Waals surface area contributed by atoms with Crippen molar-refractivity contribution in [1.82, 2.24) is 10.6 Å². The molecular weight excluding hydrogens is 360 g/mol. The van der Waals surface area contributed by atoms with Gasteiger partial charge in [0.15, 0.2) is 11.5 Å². The molecule has 0 aliphatic rings. The first-order chi connectivity index (χ1) is 13.6. The SMILES string of the molecule is COc1ccc(CCNC(=O)NCCc2cc(OC)c(OC)cc2OC)cc1. The van der Waals surface area contributed by atoms with Crippen molar-refractivity contribution in [2.24, 2.45) is 0 Å². The molecule has 2 amide bonds. The molecule has 28 heavy (non-hydrogen) atoms. The Kier molecular flexibility index (Phi) is 8.27. The number of benzene rings is 2. The van der Waals surface area contributed by atoms with Crippen LogP contribution in [0.1, 0.15) is 11.1 Å². The van der Waals surface area contributed by atoms with Crippen molar-refractivity contribution in [3.63, 3.8) is 0 Å². The summed E-state index contributed by atoms with van der Waals surface area (Å²) in [5, 5.41) is 5.71. The Hall–Kier alpha value is -3.09. The molecule has 0 unspecified atom stereocenters. The van der Waals surface area contributed by atoms with Crippen LogP contribution in [0.25, 0.3) is 0 Å². The fourth-order valence-corrected chi connectivity index (χ4v) is 2.77. The highest BCUT2D eigenvalue weighted by Gasteiger charge is 2.12. The Bertz CT molecular complexity index is 762. The zero-order valence-corrected chi connectivity index (χ0v) is 16.8. The first-order valence-corrected chi connectivity index (χ1v) is 9.04. The number of carbonyl (C=O) groups is 1. The maximum absolute atomic E-state index is 12.0. The molecule has 0 radical (unpaired) electrons. The number of rotatable bonds is 10. The van der Waals surface area contributed by atoms with Crippen LogP contribution in [0.3, 0.4) is 0 Å². The van der Waals surface area contributed by atoms with Gasteiger partial charge >= 0.3 is 6.03 Å². The number of amides is 2. The quantitative estimate of drug-likeness (QED) is 0.654. The first kappa shape index (κ1) is 21.2. The summed E-state index contributed by atoms with van der Waals surface area (Å²) in [6.07, 6.45) is 1.36. The molecule has 0 aliphatic carbocycles. The molecule has 0 saturated carbocycles. The second kappa shape index (κ2) is 10.9. The lowest BCUT2D eigenvalue weighted by Crippen LogP contribution is -2.37. The Balaban J connectivity index is 1.78. The summed E-state index contributed by atoms with van der Waals surface area (Å²) < 4.78 is 21.1. The average molecular weight is 388 g/mol. The van der Waals surface area contributed by atoms with Crippen LogP contribution in [0.5, 0.6) is 23.0 Å². The molecule has 7 nitrogen and oxygen atoms in total. The second-order valence-corrected chi connectivity index (χ2v) is 6.05. The number of hydrogen-bond donors (Lipinski definition) is 2. The molecule has 152 valence electrons. The van der Waals surface area contributed by atoms with E-state index in [0.29, 0.717) is 36.8 Å². The lowest BCUT2D eigenvalue weighted by molar-refractivity contribution is 0.241. The highest BCUT2D eigenvalue weighted by atomic mass is 16.5. The summed E-state index contributed by atoms with van der Waals surface area (Å²) in [7, 11) is 6.40. The summed E-state index contributed by atoms with van der Waals surface area (Å²) >= 11 is 0. The second-order valence-electron chi connectivity index (χ2n) is 6.05. The Morgan fingerprint density at radius 2 is 1.32 bits per heavy atom. The third-order valence-corrected chi connectivity index (χ3v) is 4.32. The summed E-state index contributed by atoms with van der Waals surface area (Å²) in [4.78, 5) is 12.0. The number of hydrogen-bond acceptors (Lipinski definition) is 5. The number of ether oxygens (including phenoxy) is 4. The summed E-state index contributed by atoms with van der Waals surface area (Å²) in [6, 6.07) is 11.2. The Morgan fingerprint density at radius 3 is 1.89 bits per heavy atom. The Labute approximate surface area is 165 Å². The summed E-state index contributed by atoms with van der Waals surface area (Å²) in [5.74, 6) is 2.74. The molecule has 0 aromatic heterocycles.